The van der Waals surface area contributed by atoms with E-state index in [-0.39, 0.29) is 128 Å². The fraction of sp³-hybridized carbons (Fsp3) is 0.542. The first kappa shape index (κ1) is 65.1. The Labute approximate surface area is 472 Å². The third-order valence-electron chi connectivity index (χ3n) is 12.6. The Hall–Kier alpha value is -6.18. The summed E-state index contributed by atoms with van der Waals surface area (Å²) in [5.74, 6) is -5.85. The number of amides is 5. The second kappa shape index (κ2) is 31.9. The molecule has 0 aliphatic carbocycles. The molecule has 0 fully saturated rings. The van der Waals surface area contributed by atoms with Crippen LogP contribution in [0.2, 0.25) is 0 Å². The second-order valence-electron chi connectivity index (χ2n) is 18.2. The number of aryl methyl sites for hydroxylation is 3. The summed E-state index contributed by atoms with van der Waals surface area (Å²) in [6.07, 6.45) is 0.623. The molecule has 5 amide bonds. The van der Waals surface area contributed by atoms with Crippen molar-refractivity contribution in [1.29, 1.82) is 0 Å². The van der Waals surface area contributed by atoms with E-state index < -0.39 is 112 Å². The summed E-state index contributed by atoms with van der Waals surface area (Å²) in [7, 11) is 3.00. The molecular weight excluding hydrogens is 1160 g/mol. The molecule has 5 unspecified atom stereocenters. The largest absolute Gasteiger partial charge is 0.503 e. The summed E-state index contributed by atoms with van der Waals surface area (Å²) in [5.41, 5.74) is -4.54. The molecule has 0 saturated carbocycles. The Kier molecular flexibility index (Phi) is 27.0. The molecule has 426 valence electrons. The molecule has 4 heterocycles. The van der Waals surface area contributed by atoms with Crippen molar-refractivity contribution in [3.8, 4) is 17.2 Å². The number of carbonyl (C=O) groups is 5. The maximum atomic E-state index is 13.9. The minimum Gasteiger partial charge on any atom is -0.503 e. The molecule has 4 aromatic rings. The zero-order valence-electron chi connectivity index (χ0n) is 42.6. The molecular formula is C48H69GdN11O17. The molecule has 0 aliphatic heterocycles. The number of hydrogen-bond acceptors (Lipinski definition) is 19. The van der Waals surface area contributed by atoms with Gasteiger partial charge in [0, 0.05) is 148 Å². The number of aromatic hydroxyl groups is 3. The van der Waals surface area contributed by atoms with Gasteiger partial charge in [-0.05, 0) is 51.4 Å². The van der Waals surface area contributed by atoms with Gasteiger partial charge in [0.15, 0.2) is 34.3 Å². The smallest absolute Gasteiger partial charge is 0.272 e. The summed E-state index contributed by atoms with van der Waals surface area (Å²) >= 11 is 0. The first-order valence-corrected chi connectivity index (χ1v) is 24.6. The van der Waals surface area contributed by atoms with E-state index in [1.165, 1.54) is 17.8 Å². The summed E-state index contributed by atoms with van der Waals surface area (Å²) in [6, 6.07) is 2.94. The zero-order chi connectivity index (χ0) is 56.1. The molecule has 4 aromatic heterocycles. The van der Waals surface area contributed by atoms with E-state index in [4.69, 9.17) is 5.11 Å². The van der Waals surface area contributed by atoms with Crippen molar-refractivity contribution in [2.45, 2.75) is 127 Å². The molecule has 0 radical (unpaired) electrons. The average Bonchev–Trinajstić information content (AvgIpc) is 3.86. The van der Waals surface area contributed by atoms with Crippen molar-refractivity contribution in [1.82, 2.24) is 55.3 Å². The van der Waals surface area contributed by atoms with Gasteiger partial charge in [0.25, 0.3) is 17.7 Å². The Morgan fingerprint density at radius 2 is 1.13 bits per heavy atom. The van der Waals surface area contributed by atoms with E-state index in [0.717, 1.165) is 39.7 Å². The molecule has 5 atom stereocenters. The van der Waals surface area contributed by atoms with E-state index in [1.54, 1.807) is 17.9 Å². The average molecular weight is 1230 g/mol. The van der Waals surface area contributed by atoms with Gasteiger partial charge in [-0.3, -0.25) is 43.0 Å². The van der Waals surface area contributed by atoms with Crippen LogP contribution < -0.4 is 42.9 Å². The second-order valence-corrected chi connectivity index (χ2v) is 18.2. The fourth-order valence-corrected chi connectivity index (χ4v) is 8.35. The predicted molar refractivity (Wildman–Crippen MR) is 268 cm³/mol. The van der Waals surface area contributed by atoms with Gasteiger partial charge in [0.1, 0.15) is 31.1 Å². The third kappa shape index (κ3) is 19.1. The van der Waals surface area contributed by atoms with Crippen LogP contribution in [0.5, 0.6) is 17.2 Å². The van der Waals surface area contributed by atoms with Gasteiger partial charge in [-0.1, -0.05) is 11.6 Å². The standard InChI is InChI=1S/C48H69N11O17.Gd/c1-49-35(67)11-10-29-25-59(55-54-29)21-5-3-4-9-36(68)53-48(15-6-18-50-45(74)37-40(69)30(62)12-22-56(37)2,17-8-20-52-47(76)39-42(71)32(64)14-24-58(39)28-61)16-7-19-51-46(75)38-41(70)31(63)13-23-57(38)26-33(65)43(72)44(73)34(66)27-60;/h12-14,22-25,33-34,43-44,60-61,65-66,69-73H,3-11,15-21,26-28H2,1-2H3,(H,49,67)(H,50,74)(H,51,75)(H,52,76)(H,53,68);. The summed E-state index contributed by atoms with van der Waals surface area (Å²) in [5, 5.41) is 113. The molecule has 28 nitrogen and oxygen atoms in total. The predicted octanol–water partition coefficient (Wildman–Crippen LogP) is -3.47. The number of nitrogens with zero attached hydrogens (tertiary/aromatic N) is 6. The van der Waals surface area contributed by atoms with Crippen LogP contribution in [0, 0.1) is 39.9 Å². The van der Waals surface area contributed by atoms with Crippen LogP contribution in [0.15, 0.2) is 57.4 Å². The number of rotatable bonds is 32. The number of aliphatic hydroxyl groups is 6. The fourth-order valence-electron chi connectivity index (χ4n) is 8.35. The van der Waals surface area contributed by atoms with Gasteiger partial charge in [-0.25, -0.2) is 0 Å². The van der Waals surface area contributed by atoms with Gasteiger partial charge in [-0.2, -0.15) is 0 Å². The summed E-state index contributed by atoms with van der Waals surface area (Å²) in [6.45, 7) is -2.17. The van der Waals surface area contributed by atoms with Crippen LogP contribution in [0.4, 0.5) is 0 Å². The number of hydrogen-bond donors (Lipinski definition) is 14. The van der Waals surface area contributed by atoms with Crippen molar-refractivity contribution >= 4 is 29.5 Å². The zero-order valence-corrected chi connectivity index (χ0v) is 44.9. The van der Waals surface area contributed by atoms with E-state index in [0.29, 0.717) is 37.9 Å². The van der Waals surface area contributed by atoms with Gasteiger partial charge in [0.2, 0.25) is 28.1 Å². The van der Waals surface area contributed by atoms with E-state index >= 15 is 0 Å². The van der Waals surface area contributed by atoms with Crippen molar-refractivity contribution in [2.75, 3.05) is 33.3 Å². The maximum Gasteiger partial charge on any atom is 0.272 e. The molecule has 0 saturated heterocycles. The summed E-state index contributed by atoms with van der Waals surface area (Å²) in [4.78, 5) is 103. The summed E-state index contributed by atoms with van der Waals surface area (Å²) < 4.78 is 4.81. The minimum absolute atomic E-state index is 0. The van der Waals surface area contributed by atoms with Gasteiger partial charge in [0.05, 0.1) is 18.8 Å². The molecule has 14 N–H and O–H groups in total. The Balaban J connectivity index is 0.0000156. The van der Waals surface area contributed by atoms with E-state index in [9.17, 15) is 79.2 Å². The molecule has 0 aromatic carbocycles. The van der Waals surface area contributed by atoms with Gasteiger partial charge in [-0.15, -0.1) is 5.10 Å². The normalized spacial score (nSPS) is 13.5. The van der Waals surface area contributed by atoms with E-state index in [1.807, 2.05) is 0 Å². The van der Waals surface area contributed by atoms with Gasteiger partial charge >= 0.3 is 0 Å². The topological polar surface area (TPSA) is 424 Å². The quantitative estimate of drug-likeness (QED) is 0.0211. The number of carbonyl (C=O) groups excluding carboxylic acids is 5. The molecule has 29 heteroatoms. The first-order chi connectivity index (χ1) is 36.2. The minimum atomic E-state index is -2.04. The van der Waals surface area contributed by atoms with Crippen LogP contribution in [0.1, 0.15) is 108 Å². The number of unbranched alkanes of at least 4 members (excludes halogenated alkanes) is 2. The maximum absolute atomic E-state index is 13.9. The molecule has 0 spiro atoms. The molecule has 4 rings (SSSR count). The third-order valence-corrected chi connectivity index (χ3v) is 12.6. The SMILES string of the molecule is CNC(=O)CCc1cn(CCCCCC(=O)NC(CCCNC(=O)c2c(O)c(=O)ccn2C)(CCCNC(=O)c2c(O)c(=O)ccn2CO)CCCNC(=O)c2c(O)c(=O)ccn2CC(O)C(O)C(O)C(O)CO)nn1.[Gd]. The Morgan fingerprint density at radius 1 is 0.636 bits per heavy atom. The van der Waals surface area contributed by atoms with Crippen LogP contribution in [-0.4, -0.2) is 167 Å². The monoisotopic (exact) mass is 1230 g/mol. The van der Waals surface area contributed by atoms with Crippen molar-refractivity contribution in [3.05, 3.63) is 96.4 Å². The van der Waals surface area contributed by atoms with Crippen molar-refractivity contribution in [3.63, 3.8) is 0 Å². The van der Waals surface area contributed by atoms with E-state index in [2.05, 4.69) is 36.9 Å². The number of aromatic nitrogens is 6. The van der Waals surface area contributed by atoms with Crippen LogP contribution >= 0.6 is 0 Å². The van der Waals surface area contributed by atoms with Gasteiger partial charge < -0.3 is 86.2 Å². The molecule has 0 bridgehead atoms. The Morgan fingerprint density at radius 3 is 1.66 bits per heavy atom. The number of pyridine rings is 3. The number of aliphatic hydroxyl groups excluding tert-OH is 6. The van der Waals surface area contributed by atoms with Crippen LogP contribution in [0.3, 0.4) is 0 Å². The molecule has 77 heavy (non-hydrogen) atoms. The molecule has 0 aliphatic rings. The van der Waals surface area contributed by atoms with Crippen molar-refractivity contribution in [2.24, 2.45) is 7.05 Å². The van der Waals surface area contributed by atoms with Crippen LogP contribution in [-0.2, 0) is 42.9 Å². The first-order valence-electron chi connectivity index (χ1n) is 24.6. The Bertz CT molecular complexity index is 2800. The van der Waals surface area contributed by atoms with Crippen LogP contribution in [0.25, 0.3) is 0 Å². The number of nitrogens with one attached hydrogen (secondary N) is 5. The van der Waals surface area contributed by atoms with Crippen molar-refractivity contribution < 1.29 is 110 Å².